The topological polar surface area (TPSA) is 86.5 Å². The van der Waals surface area contributed by atoms with E-state index in [1.165, 1.54) is 0 Å². The van der Waals surface area contributed by atoms with Crippen LogP contribution in [0.15, 0.2) is 0 Å². The molecule has 7 nitrogen and oxygen atoms in total. The molecule has 0 saturated carbocycles. The average molecular weight is 606 g/mol. The van der Waals surface area contributed by atoms with Gasteiger partial charge in [-0.1, -0.05) is 13.3 Å². The van der Waals surface area contributed by atoms with Crippen LogP contribution in [0.5, 0.6) is 0 Å². The predicted octanol–water partition coefficient (Wildman–Crippen LogP) is 6.06. The van der Waals surface area contributed by atoms with Gasteiger partial charge in [-0.05, 0) is 141 Å². The van der Waals surface area contributed by atoms with Crippen LogP contribution in [0.4, 0.5) is 0 Å². The summed E-state index contributed by atoms with van der Waals surface area (Å²) in [4.78, 5) is 13.7. The number of rotatable bonds is 12. The summed E-state index contributed by atoms with van der Waals surface area (Å²) in [6, 6.07) is 0.985. The minimum absolute atomic E-state index is 0.0198. The number of hydrogen-bond donors (Lipinski definition) is 5. The summed E-state index contributed by atoms with van der Waals surface area (Å²) in [7, 11) is 0. The minimum Gasteiger partial charge on any atom is -0.462 e. The van der Waals surface area contributed by atoms with Crippen molar-refractivity contribution >= 4 is 5.97 Å². The van der Waals surface area contributed by atoms with E-state index in [0.29, 0.717) is 12.1 Å². The zero-order chi connectivity index (χ0) is 32.5. The molecule has 7 heteroatoms. The maximum atomic E-state index is 13.7. The van der Waals surface area contributed by atoms with Gasteiger partial charge in [0, 0.05) is 58.2 Å². The van der Waals surface area contributed by atoms with E-state index < -0.39 is 0 Å². The van der Waals surface area contributed by atoms with Gasteiger partial charge in [0.1, 0.15) is 6.10 Å². The molecule has 0 aromatic rings. The maximum Gasteiger partial charge on any atom is 0.309 e. The fourth-order valence-electron chi connectivity index (χ4n) is 9.39. The van der Waals surface area contributed by atoms with Crippen LogP contribution in [-0.2, 0) is 9.53 Å². The van der Waals surface area contributed by atoms with E-state index in [0.717, 1.165) is 70.9 Å². The molecule has 0 bridgehead atoms. The summed E-state index contributed by atoms with van der Waals surface area (Å²) in [5.74, 6) is 0.108. The number of hydrogen-bond acceptors (Lipinski definition) is 7. The molecule has 0 aliphatic carbocycles. The van der Waals surface area contributed by atoms with Crippen molar-refractivity contribution in [3.63, 3.8) is 0 Å². The second-order valence-electron chi connectivity index (χ2n) is 18.8. The van der Waals surface area contributed by atoms with Crippen molar-refractivity contribution in [1.82, 2.24) is 26.6 Å². The molecule has 0 aromatic carbocycles. The van der Waals surface area contributed by atoms with Crippen molar-refractivity contribution in [2.75, 3.05) is 13.1 Å². The van der Waals surface area contributed by atoms with Gasteiger partial charge in [0.2, 0.25) is 0 Å². The Balaban J connectivity index is 1.59. The van der Waals surface area contributed by atoms with E-state index in [2.05, 4.69) is 117 Å². The number of carbonyl (C=O) groups is 1. The maximum absolute atomic E-state index is 13.7. The zero-order valence-electron chi connectivity index (χ0n) is 30.5. The van der Waals surface area contributed by atoms with Crippen LogP contribution in [0.3, 0.4) is 0 Å². The molecule has 2 unspecified atom stereocenters. The molecule has 252 valence electrons. The van der Waals surface area contributed by atoms with Crippen molar-refractivity contribution < 1.29 is 9.53 Å². The lowest BCUT2D eigenvalue weighted by molar-refractivity contribution is -0.159. The first kappa shape index (κ1) is 36.7. The van der Waals surface area contributed by atoms with Crippen molar-refractivity contribution in [2.45, 2.75) is 199 Å². The van der Waals surface area contributed by atoms with E-state index in [-0.39, 0.29) is 57.1 Å². The molecule has 3 rings (SSSR count). The Hall–Kier alpha value is -0.730. The van der Waals surface area contributed by atoms with Gasteiger partial charge >= 0.3 is 5.97 Å². The Morgan fingerprint density at radius 2 is 1.05 bits per heavy atom. The highest BCUT2D eigenvalue weighted by Crippen LogP contribution is 2.33. The number of ether oxygens (including phenoxy) is 1. The molecule has 0 amide bonds. The molecular formula is C36H71N5O2. The molecule has 0 spiro atoms. The molecule has 3 fully saturated rings. The first-order chi connectivity index (χ1) is 19.5. The molecular weight excluding hydrogens is 534 g/mol. The van der Waals surface area contributed by atoms with Crippen LogP contribution in [0, 0.1) is 11.8 Å². The molecule has 2 atom stereocenters. The Labute approximate surface area is 266 Å². The van der Waals surface area contributed by atoms with Crippen LogP contribution in [0.25, 0.3) is 0 Å². The fraction of sp³-hybridized carbons (Fsp3) is 0.972. The third-order valence-corrected chi connectivity index (χ3v) is 10.00. The quantitative estimate of drug-likeness (QED) is 0.137. The van der Waals surface area contributed by atoms with Crippen LogP contribution in [-0.4, -0.2) is 70.5 Å². The highest BCUT2D eigenvalue weighted by atomic mass is 16.5. The zero-order valence-corrected chi connectivity index (χ0v) is 30.5. The third kappa shape index (κ3) is 12.2. The molecule has 0 aromatic heterocycles. The van der Waals surface area contributed by atoms with Crippen molar-refractivity contribution in [1.29, 1.82) is 0 Å². The van der Waals surface area contributed by atoms with Crippen molar-refractivity contribution in [3.8, 4) is 0 Å². The predicted molar refractivity (Wildman–Crippen MR) is 182 cm³/mol. The Bertz CT molecular complexity index is 877. The second-order valence-corrected chi connectivity index (χ2v) is 18.8. The summed E-state index contributed by atoms with van der Waals surface area (Å²) in [5.41, 5.74) is 0.412. The van der Waals surface area contributed by atoms with Gasteiger partial charge in [0.05, 0.1) is 5.92 Å². The first-order valence-corrected chi connectivity index (χ1v) is 17.5. The lowest BCUT2D eigenvalue weighted by atomic mass is 9.79. The summed E-state index contributed by atoms with van der Waals surface area (Å²) < 4.78 is 6.27. The molecule has 3 aliphatic rings. The van der Waals surface area contributed by atoms with E-state index >= 15 is 0 Å². The van der Waals surface area contributed by atoms with Crippen LogP contribution in [0.1, 0.15) is 148 Å². The number of piperidine rings is 3. The SMILES string of the molecule is CC(C(=O)OC1CC(C)(C)NC(C)(C)C1)C(CCCCNC1CC(C)(C)NC(C)(C)C1)CNC1CC(C)(C)NC(C)(C)C1. The summed E-state index contributed by atoms with van der Waals surface area (Å²) in [6.07, 6.45) is 9.44. The Kier molecular flexibility index (Phi) is 11.6. The third-order valence-electron chi connectivity index (χ3n) is 10.00. The summed E-state index contributed by atoms with van der Waals surface area (Å²) >= 11 is 0. The molecule has 0 radical (unpaired) electrons. The van der Waals surface area contributed by atoms with Gasteiger partial charge in [0.25, 0.3) is 0 Å². The normalized spacial score (nSPS) is 28.2. The van der Waals surface area contributed by atoms with Gasteiger partial charge in [-0.3, -0.25) is 4.79 Å². The average Bonchev–Trinajstić information content (AvgIpc) is 2.74. The van der Waals surface area contributed by atoms with Crippen LogP contribution >= 0.6 is 0 Å². The van der Waals surface area contributed by atoms with Crippen molar-refractivity contribution in [2.24, 2.45) is 11.8 Å². The molecule has 5 N–H and O–H groups in total. The Morgan fingerprint density at radius 1 is 0.651 bits per heavy atom. The highest BCUT2D eigenvalue weighted by molar-refractivity contribution is 5.72. The largest absolute Gasteiger partial charge is 0.462 e. The van der Waals surface area contributed by atoms with Crippen LogP contribution in [0.2, 0.25) is 0 Å². The van der Waals surface area contributed by atoms with Gasteiger partial charge in [-0.2, -0.15) is 0 Å². The van der Waals surface area contributed by atoms with Gasteiger partial charge in [-0.25, -0.2) is 0 Å². The summed E-state index contributed by atoms with van der Waals surface area (Å²) in [6.45, 7) is 31.4. The van der Waals surface area contributed by atoms with Crippen LogP contribution < -0.4 is 26.6 Å². The molecule has 3 saturated heterocycles. The van der Waals surface area contributed by atoms with Gasteiger partial charge < -0.3 is 31.3 Å². The van der Waals surface area contributed by atoms with E-state index in [9.17, 15) is 4.79 Å². The van der Waals surface area contributed by atoms with E-state index in [1.807, 2.05) is 0 Å². The second kappa shape index (κ2) is 13.6. The smallest absolute Gasteiger partial charge is 0.309 e. The molecule has 3 aliphatic heterocycles. The standard InChI is InChI=1S/C36H71N5O2/c1-25(30(42)43-29-22-35(10,11)41-36(12,13)23-29)26(24-38-28-20-33(6,7)40-34(8,9)21-28)16-14-15-17-37-27-18-31(2,3)39-32(4,5)19-27/h25-29,37-41H,14-24H2,1-13H3. The monoisotopic (exact) mass is 606 g/mol. The number of carbonyl (C=O) groups excluding carboxylic acids is 1. The van der Waals surface area contributed by atoms with Gasteiger partial charge in [0.15, 0.2) is 0 Å². The number of esters is 1. The minimum atomic E-state index is -0.129. The lowest BCUT2D eigenvalue weighted by Crippen LogP contribution is -2.62. The lowest BCUT2D eigenvalue weighted by Gasteiger charge is -2.47. The molecule has 3 heterocycles. The summed E-state index contributed by atoms with van der Waals surface area (Å²) in [5, 5.41) is 19.1. The number of nitrogens with one attached hydrogen (secondary N) is 5. The fourth-order valence-corrected chi connectivity index (χ4v) is 9.39. The molecule has 43 heavy (non-hydrogen) atoms. The van der Waals surface area contributed by atoms with E-state index in [1.54, 1.807) is 0 Å². The highest BCUT2D eigenvalue weighted by Gasteiger charge is 2.41. The van der Waals surface area contributed by atoms with Gasteiger partial charge in [-0.15, -0.1) is 0 Å². The number of unbranched alkanes of at least 4 members (excludes halogenated alkanes) is 1. The Morgan fingerprint density at radius 3 is 1.49 bits per heavy atom. The van der Waals surface area contributed by atoms with E-state index in [4.69, 9.17) is 4.74 Å². The first-order valence-electron chi connectivity index (χ1n) is 17.5. The van der Waals surface area contributed by atoms with Crippen molar-refractivity contribution in [3.05, 3.63) is 0 Å².